The van der Waals surface area contributed by atoms with Gasteiger partial charge in [-0.05, 0) is 25.0 Å². The number of anilines is 1. The third kappa shape index (κ3) is 3.17. The van der Waals surface area contributed by atoms with Crippen molar-refractivity contribution in [1.29, 1.82) is 0 Å². The Labute approximate surface area is 142 Å². The van der Waals surface area contributed by atoms with E-state index >= 15 is 0 Å². The number of para-hydroxylation sites is 1. The summed E-state index contributed by atoms with van der Waals surface area (Å²) in [6.45, 7) is 6.60. The molecule has 1 aromatic heterocycles. The van der Waals surface area contributed by atoms with E-state index in [-0.39, 0.29) is 0 Å². The number of aromatic amines is 1. The zero-order valence-electron chi connectivity index (χ0n) is 13.6. The Morgan fingerprint density at radius 2 is 2.09 bits per heavy atom. The lowest BCUT2D eigenvalue weighted by molar-refractivity contribution is 0.318. The fourth-order valence-corrected chi connectivity index (χ4v) is 2.87. The van der Waals surface area contributed by atoms with E-state index in [2.05, 4.69) is 29.0 Å². The number of hydrogen-bond donors (Lipinski definition) is 2. The van der Waals surface area contributed by atoms with Crippen molar-refractivity contribution in [1.82, 2.24) is 15.3 Å². The highest BCUT2D eigenvalue weighted by Gasteiger charge is 2.25. The van der Waals surface area contributed by atoms with Crippen molar-refractivity contribution in [3.8, 4) is 17.1 Å². The largest absolute Gasteiger partial charge is 0.493 e. The molecule has 1 aliphatic heterocycles. The lowest BCUT2D eigenvalue weighted by atomic mass is 10.2. The molecule has 3 rings (SSSR count). The van der Waals surface area contributed by atoms with Gasteiger partial charge in [0.2, 0.25) is 0 Å². The number of fused-ring (bicyclic) bond motifs is 1. The monoisotopic (exact) mass is 330 g/mol. The lowest BCUT2D eigenvalue weighted by Crippen LogP contribution is -2.43. The number of rotatable bonds is 6. The summed E-state index contributed by atoms with van der Waals surface area (Å²) >= 11 is 5.42. The molecule has 1 aromatic carbocycles. The van der Waals surface area contributed by atoms with Gasteiger partial charge in [-0.3, -0.25) is 0 Å². The average molecular weight is 330 g/mol. The first-order valence-electron chi connectivity index (χ1n) is 8.10. The summed E-state index contributed by atoms with van der Waals surface area (Å²) in [5.74, 6) is 2.58. The van der Waals surface area contributed by atoms with Crippen molar-refractivity contribution in [3.63, 3.8) is 0 Å². The molecule has 6 heteroatoms. The van der Waals surface area contributed by atoms with Crippen LogP contribution in [0.15, 0.2) is 24.3 Å². The molecule has 0 saturated carbocycles. The van der Waals surface area contributed by atoms with Crippen LogP contribution >= 0.6 is 12.2 Å². The normalized spacial score (nSPS) is 13.7. The molecule has 0 bridgehead atoms. The van der Waals surface area contributed by atoms with Gasteiger partial charge < -0.3 is 19.9 Å². The highest BCUT2D eigenvalue weighted by molar-refractivity contribution is 7.80. The van der Waals surface area contributed by atoms with Crippen LogP contribution in [0.4, 0.5) is 5.82 Å². The van der Waals surface area contributed by atoms with Crippen LogP contribution < -0.4 is 15.0 Å². The standard InChI is InChI=1S/C17H22N4OS/c1-3-9-21-11-18-17(23)14-16(21)20-15(19-14)12-7-5-6-8-13(12)22-10-4-2/h5-8H,3-4,9-11H2,1-2H3,(H,18,23)(H,19,20). The molecule has 23 heavy (non-hydrogen) atoms. The van der Waals surface area contributed by atoms with Gasteiger partial charge in [0.05, 0.1) is 18.8 Å². The molecule has 2 N–H and O–H groups in total. The predicted molar refractivity (Wildman–Crippen MR) is 97.1 cm³/mol. The first-order chi connectivity index (χ1) is 11.2. The van der Waals surface area contributed by atoms with Gasteiger partial charge in [-0.25, -0.2) is 4.98 Å². The van der Waals surface area contributed by atoms with Crippen molar-refractivity contribution in [2.75, 3.05) is 24.7 Å². The maximum absolute atomic E-state index is 5.85. The van der Waals surface area contributed by atoms with E-state index in [1.54, 1.807) is 0 Å². The first kappa shape index (κ1) is 15.8. The number of ether oxygens (including phenoxy) is 1. The Hall–Kier alpha value is -2.08. The molecule has 5 nitrogen and oxygen atoms in total. The van der Waals surface area contributed by atoms with E-state index in [1.807, 2.05) is 24.3 Å². The fourth-order valence-electron chi connectivity index (χ4n) is 2.66. The number of aromatic nitrogens is 2. The van der Waals surface area contributed by atoms with Crippen LogP contribution in [0.2, 0.25) is 0 Å². The number of benzene rings is 1. The van der Waals surface area contributed by atoms with E-state index < -0.39 is 0 Å². The summed E-state index contributed by atoms with van der Waals surface area (Å²) in [5.41, 5.74) is 1.86. The van der Waals surface area contributed by atoms with E-state index in [4.69, 9.17) is 21.9 Å². The number of H-pyrrole nitrogens is 1. The number of nitrogens with zero attached hydrogens (tertiary/aromatic N) is 2. The topological polar surface area (TPSA) is 53.2 Å². The van der Waals surface area contributed by atoms with Gasteiger partial charge in [0.1, 0.15) is 22.3 Å². The lowest BCUT2D eigenvalue weighted by Gasteiger charge is -2.28. The van der Waals surface area contributed by atoms with Gasteiger partial charge in [0, 0.05) is 6.54 Å². The Kier molecular flexibility index (Phi) is 4.81. The van der Waals surface area contributed by atoms with Gasteiger partial charge >= 0.3 is 0 Å². The van der Waals surface area contributed by atoms with Crippen LogP contribution in [0.3, 0.4) is 0 Å². The Morgan fingerprint density at radius 3 is 2.87 bits per heavy atom. The average Bonchev–Trinajstić information content (AvgIpc) is 3.02. The molecule has 122 valence electrons. The van der Waals surface area contributed by atoms with Gasteiger partial charge in [-0.15, -0.1) is 0 Å². The molecule has 0 amide bonds. The van der Waals surface area contributed by atoms with E-state index in [9.17, 15) is 0 Å². The molecule has 0 saturated heterocycles. The highest BCUT2D eigenvalue weighted by Crippen LogP contribution is 2.32. The van der Waals surface area contributed by atoms with Crippen LogP contribution in [0, 0.1) is 0 Å². The third-order valence-corrected chi connectivity index (χ3v) is 4.09. The number of imidazole rings is 1. The van der Waals surface area contributed by atoms with Crippen LogP contribution in [0.1, 0.15) is 32.4 Å². The first-order valence-corrected chi connectivity index (χ1v) is 8.50. The minimum atomic E-state index is 0.694. The predicted octanol–water partition coefficient (Wildman–Crippen LogP) is 3.32. The number of nitrogens with one attached hydrogen (secondary N) is 2. The molecule has 2 aromatic rings. The molecular formula is C17H22N4OS. The molecule has 0 radical (unpaired) electrons. The molecule has 0 unspecified atom stereocenters. The number of thiocarbonyl (C=S) groups is 1. The molecule has 0 aliphatic carbocycles. The van der Waals surface area contributed by atoms with Crippen molar-refractivity contribution in [3.05, 3.63) is 30.0 Å². The molecule has 0 atom stereocenters. The Morgan fingerprint density at radius 1 is 1.26 bits per heavy atom. The zero-order chi connectivity index (χ0) is 16.2. The second-order valence-corrected chi connectivity index (χ2v) is 5.96. The summed E-state index contributed by atoms with van der Waals surface area (Å²) in [7, 11) is 0. The molecule has 1 aliphatic rings. The van der Waals surface area contributed by atoms with Gasteiger partial charge in [-0.1, -0.05) is 38.2 Å². The minimum absolute atomic E-state index is 0.694. The quantitative estimate of drug-likeness (QED) is 0.796. The second kappa shape index (κ2) is 7.00. The number of hydrogen-bond acceptors (Lipinski definition) is 4. The summed E-state index contributed by atoms with van der Waals surface area (Å²) in [4.78, 5) is 11.1. The van der Waals surface area contributed by atoms with Crippen LogP contribution in [-0.4, -0.2) is 34.8 Å². The summed E-state index contributed by atoms with van der Waals surface area (Å²) in [6.07, 6.45) is 2.04. The van der Waals surface area contributed by atoms with Crippen LogP contribution in [-0.2, 0) is 0 Å². The minimum Gasteiger partial charge on any atom is -0.493 e. The Bertz CT molecular complexity index is 698. The third-order valence-electron chi connectivity index (χ3n) is 3.74. The van der Waals surface area contributed by atoms with E-state index in [0.29, 0.717) is 13.3 Å². The molecular weight excluding hydrogens is 308 g/mol. The van der Waals surface area contributed by atoms with Crippen molar-refractivity contribution in [2.45, 2.75) is 26.7 Å². The van der Waals surface area contributed by atoms with Crippen molar-refractivity contribution < 1.29 is 4.74 Å². The Balaban J connectivity index is 1.99. The van der Waals surface area contributed by atoms with Crippen LogP contribution in [0.25, 0.3) is 11.4 Å². The maximum atomic E-state index is 5.85. The van der Waals surface area contributed by atoms with E-state index in [1.165, 1.54) is 0 Å². The summed E-state index contributed by atoms with van der Waals surface area (Å²) < 4.78 is 5.85. The van der Waals surface area contributed by atoms with Gasteiger partial charge in [0.25, 0.3) is 0 Å². The molecule has 2 heterocycles. The van der Waals surface area contributed by atoms with Gasteiger partial charge in [-0.2, -0.15) is 0 Å². The molecule has 0 fully saturated rings. The smallest absolute Gasteiger partial charge is 0.159 e. The maximum Gasteiger partial charge on any atom is 0.159 e. The summed E-state index contributed by atoms with van der Waals surface area (Å²) in [5, 5.41) is 3.24. The zero-order valence-corrected chi connectivity index (χ0v) is 14.4. The van der Waals surface area contributed by atoms with Crippen molar-refractivity contribution in [2.24, 2.45) is 0 Å². The highest BCUT2D eigenvalue weighted by atomic mass is 32.1. The fraction of sp³-hybridized carbons (Fsp3) is 0.412. The second-order valence-electron chi connectivity index (χ2n) is 5.56. The van der Waals surface area contributed by atoms with Crippen LogP contribution in [0.5, 0.6) is 5.75 Å². The molecule has 0 spiro atoms. The van der Waals surface area contributed by atoms with E-state index in [0.717, 1.165) is 53.0 Å². The SMILES string of the molecule is CCCOc1ccccc1-c1nc2c([nH]1)C(=S)NCN2CCC. The van der Waals surface area contributed by atoms with Gasteiger partial charge in [0.15, 0.2) is 5.82 Å². The summed E-state index contributed by atoms with van der Waals surface area (Å²) in [6, 6.07) is 7.98. The van der Waals surface area contributed by atoms with Crippen molar-refractivity contribution >= 4 is 23.0 Å².